The highest BCUT2D eigenvalue weighted by atomic mass is 35.5. The lowest BCUT2D eigenvalue weighted by molar-refractivity contribution is -0.205. The first-order chi connectivity index (χ1) is 13.3. The van der Waals surface area contributed by atoms with E-state index in [1.54, 1.807) is 13.2 Å². The second-order valence-electron chi connectivity index (χ2n) is 7.93. The fourth-order valence-electron chi connectivity index (χ4n) is 4.16. The molecule has 1 amide bonds. The Kier molecular flexibility index (Phi) is 9.80. The first-order valence-corrected chi connectivity index (χ1v) is 11.9. The summed E-state index contributed by atoms with van der Waals surface area (Å²) in [6.07, 6.45) is 2.05. The highest BCUT2D eigenvalue weighted by Crippen LogP contribution is 2.30. The topological polar surface area (TPSA) is 111 Å². The van der Waals surface area contributed by atoms with E-state index in [0.29, 0.717) is 5.92 Å². The minimum atomic E-state index is -1.36. The van der Waals surface area contributed by atoms with Gasteiger partial charge < -0.3 is 30.7 Å². The van der Waals surface area contributed by atoms with Gasteiger partial charge >= 0.3 is 0 Å². The van der Waals surface area contributed by atoms with Gasteiger partial charge in [0.1, 0.15) is 29.9 Å². The average Bonchev–Trinajstić information content (AvgIpc) is 2.91. The second kappa shape index (κ2) is 11.3. The molecule has 0 spiro atoms. The Morgan fingerprint density at radius 2 is 2.04 bits per heavy atom. The van der Waals surface area contributed by atoms with Crippen LogP contribution >= 0.6 is 23.4 Å². The molecular formula is C19H35ClN2O5S. The van der Waals surface area contributed by atoms with Crippen LogP contribution in [0.4, 0.5) is 0 Å². The predicted octanol–water partition coefficient (Wildman–Crippen LogP) is 0.828. The van der Waals surface area contributed by atoms with E-state index in [1.165, 1.54) is 11.8 Å². The Morgan fingerprint density at radius 1 is 1.32 bits per heavy atom. The van der Waals surface area contributed by atoms with Crippen molar-refractivity contribution in [2.45, 2.75) is 93.3 Å². The lowest BCUT2D eigenvalue weighted by Crippen LogP contribution is -2.65. The molecule has 2 saturated heterocycles. The highest BCUT2D eigenvalue weighted by Gasteiger charge is 2.48. The van der Waals surface area contributed by atoms with Gasteiger partial charge in [-0.25, -0.2) is 0 Å². The van der Waals surface area contributed by atoms with E-state index in [4.69, 9.17) is 16.3 Å². The monoisotopic (exact) mass is 438 g/mol. The molecule has 0 aromatic rings. The van der Waals surface area contributed by atoms with Crippen LogP contribution in [-0.4, -0.2) is 81.3 Å². The molecule has 2 heterocycles. The fraction of sp³-hybridized carbons (Fsp3) is 0.947. The Morgan fingerprint density at radius 3 is 2.64 bits per heavy atom. The van der Waals surface area contributed by atoms with Gasteiger partial charge in [0.15, 0.2) is 0 Å². The number of carbonyl (C=O) groups excluding carboxylic acids is 1. The zero-order valence-electron chi connectivity index (χ0n) is 16.9. The molecule has 1 unspecified atom stereocenters. The number of aliphatic hydroxyl groups excluding tert-OH is 3. The Bertz CT molecular complexity index is 499. The van der Waals surface area contributed by atoms with Gasteiger partial charge in [-0.15, -0.1) is 23.4 Å². The summed E-state index contributed by atoms with van der Waals surface area (Å²) in [6.45, 7) is 4.66. The number of nitrogens with one attached hydrogen (secondary N) is 2. The van der Waals surface area contributed by atoms with Crippen LogP contribution in [0.25, 0.3) is 0 Å². The van der Waals surface area contributed by atoms with E-state index in [-0.39, 0.29) is 11.9 Å². The normalized spacial score (nSPS) is 39.0. The second-order valence-corrected chi connectivity index (χ2v) is 9.55. The predicted molar refractivity (Wildman–Crippen MR) is 111 cm³/mol. The smallest absolute Gasteiger partial charge is 0.237 e. The quantitative estimate of drug-likeness (QED) is 0.374. The minimum Gasteiger partial charge on any atom is -0.388 e. The SMILES string of the molecule is CCCC1CCCN[C@H](C(=O)N[C@@H]([C@H]2O[C@H](SC)[C@H](O)[C@@H](O)[C@H]2O)[C@H](C)Cl)C1. The third-order valence-corrected chi connectivity index (χ3v) is 6.88. The number of carbonyl (C=O) groups is 1. The van der Waals surface area contributed by atoms with Crippen molar-refractivity contribution in [1.29, 1.82) is 0 Å². The van der Waals surface area contributed by atoms with Crippen molar-refractivity contribution in [3.05, 3.63) is 0 Å². The third kappa shape index (κ3) is 5.97. The van der Waals surface area contributed by atoms with Gasteiger partial charge in [0.2, 0.25) is 5.91 Å². The van der Waals surface area contributed by atoms with Gasteiger partial charge in [0, 0.05) is 0 Å². The van der Waals surface area contributed by atoms with Crippen LogP contribution in [0.2, 0.25) is 0 Å². The Hall–Kier alpha value is -0.0900. The van der Waals surface area contributed by atoms with Gasteiger partial charge in [-0.1, -0.05) is 19.8 Å². The van der Waals surface area contributed by atoms with Crippen LogP contribution in [0, 0.1) is 5.92 Å². The third-order valence-electron chi connectivity index (χ3n) is 5.76. The van der Waals surface area contributed by atoms with E-state index >= 15 is 0 Å². The van der Waals surface area contributed by atoms with Gasteiger partial charge in [-0.2, -0.15) is 0 Å². The van der Waals surface area contributed by atoms with Gasteiger partial charge in [0.25, 0.3) is 0 Å². The summed E-state index contributed by atoms with van der Waals surface area (Å²) >= 11 is 7.57. The molecule has 2 aliphatic heterocycles. The Labute approximate surface area is 176 Å². The van der Waals surface area contributed by atoms with E-state index in [9.17, 15) is 20.1 Å². The lowest BCUT2D eigenvalue weighted by Gasteiger charge is -2.44. The number of rotatable bonds is 7. The summed E-state index contributed by atoms with van der Waals surface area (Å²) in [5.74, 6) is 0.342. The molecule has 0 aromatic heterocycles. The zero-order valence-corrected chi connectivity index (χ0v) is 18.5. The number of hydrogen-bond acceptors (Lipinski definition) is 7. The summed E-state index contributed by atoms with van der Waals surface area (Å²) < 4.78 is 5.81. The Balaban J connectivity index is 2.09. The van der Waals surface area contributed by atoms with E-state index < -0.39 is 41.3 Å². The molecule has 2 rings (SSSR count). The fourth-order valence-corrected chi connectivity index (χ4v) is 5.05. The summed E-state index contributed by atoms with van der Waals surface area (Å²) in [6, 6.07) is -1.01. The van der Waals surface area contributed by atoms with Gasteiger partial charge in [-0.05, 0) is 44.9 Å². The van der Waals surface area contributed by atoms with Crippen molar-refractivity contribution in [3.8, 4) is 0 Å². The van der Waals surface area contributed by atoms with Gasteiger partial charge in [-0.3, -0.25) is 4.79 Å². The molecule has 2 fully saturated rings. The zero-order chi connectivity index (χ0) is 20.8. The number of thioether (sulfide) groups is 1. The molecule has 2 aliphatic rings. The highest BCUT2D eigenvalue weighted by molar-refractivity contribution is 7.99. The number of aliphatic hydroxyl groups is 3. The molecular weight excluding hydrogens is 404 g/mol. The molecule has 0 aliphatic carbocycles. The molecule has 0 aromatic carbocycles. The van der Waals surface area contributed by atoms with Crippen molar-refractivity contribution < 1.29 is 24.9 Å². The van der Waals surface area contributed by atoms with Crippen LogP contribution in [0.1, 0.15) is 46.0 Å². The van der Waals surface area contributed by atoms with Crippen LogP contribution < -0.4 is 10.6 Å². The number of amides is 1. The van der Waals surface area contributed by atoms with Gasteiger partial charge in [0.05, 0.1) is 17.5 Å². The molecule has 0 bridgehead atoms. The number of hydrogen-bond donors (Lipinski definition) is 5. The van der Waals surface area contributed by atoms with Crippen molar-refractivity contribution in [3.63, 3.8) is 0 Å². The molecule has 28 heavy (non-hydrogen) atoms. The summed E-state index contributed by atoms with van der Waals surface area (Å²) in [7, 11) is 0. The molecule has 9 heteroatoms. The van der Waals surface area contributed by atoms with Crippen LogP contribution in [0.5, 0.6) is 0 Å². The molecule has 9 atom stereocenters. The summed E-state index contributed by atoms with van der Waals surface area (Å²) in [4.78, 5) is 13.0. The first kappa shape index (κ1) is 24.2. The average molecular weight is 439 g/mol. The van der Waals surface area contributed by atoms with E-state index in [1.807, 2.05) is 0 Å². The summed E-state index contributed by atoms with van der Waals surface area (Å²) in [5, 5.41) is 36.4. The van der Waals surface area contributed by atoms with E-state index in [0.717, 1.165) is 38.6 Å². The number of alkyl halides is 1. The summed E-state index contributed by atoms with van der Waals surface area (Å²) in [5.41, 5.74) is -0.705. The maximum Gasteiger partial charge on any atom is 0.237 e. The lowest BCUT2D eigenvalue weighted by atomic mass is 9.91. The number of ether oxygens (including phenoxy) is 1. The van der Waals surface area contributed by atoms with Crippen molar-refractivity contribution in [1.82, 2.24) is 10.6 Å². The maximum atomic E-state index is 13.0. The molecule has 7 nitrogen and oxygen atoms in total. The molecule has 0 saturated carbocycles. The largest absolute Gasteiger partial charge is 0.388 e. The molecule has 0 radical (unpaired) electrons. The standard InChI is InChI=1S/C19H35ClN2O5S/c1-4-6-11-7-5-8-21-12(9-11)18(26)22-13(10(2)20)17-15(24)14(23)16(25)19(27-17)28-3/h10-17,19,21,23-25H,4-9H2,1-3H3,(H,22,26)/t10-,11?,12-,13+,14-,15+,16+,17+,19+/m0/s1. The minimum absolute atomic E-state index is 0.169. The molecule has 5 N–H and O–H groups in total. The maximum absolute atomic E-state index is 13.0. The van der Waals surface area contributed by atoms with Crippen LogP contribution in [0.15, 0.2) is 0 Å². The van der Waals surface area contributed by atoms with Crippen molar-refractivity contribution in [2.24, 2.45) is 5.92 Å². The molecule has 164 valence electrons. The van der Waals surface area contributed by atoms with Crippen LogP contribution in [0.3, 0.4) is 0 Å². The van der Waals surface area contributed by atoms with Crippen molar-refractivity contribution in [2.75, 3.05) is 12.8 Å². The van der Waals surface area contributed by atoms with Crippen LogP contribution in [-0.2, 0) is 9.53 Å². The first-order valence-electron chi connectivity index (χ1n) is 10.2. The van der Waals surface area contributed by atoms with Crippen molar-refractivity contribution >= 4 is 29.3 Å². The van der Waals surface area contributed by atoms with E-state index in [2.05, 4.69) is 17.6 Å². The number of halogens is 1.